The Hall–Kier alpha value is -4.56. The third-order valence-corrected chi connectivity index (χ3v) is 7.33. The monoisotopic (exact) mass is 510 g/mol. The van der Waals surface area contributed by atoms with Crippen LogP contribution in [0.15, 0.2) is 91.0 Å². The summed E-state index contributed by atoms with van der Waals surface area (Å²) in [6.07, 6.45) is 2.60. The van der Waals surface area contributed by atoms with E-state index in [1.165, 1.54) is 0 Å². The van der Waals surface area contributed by atoms with Gasteiger partial charge in [0.2, 0.25) is 11.8 Å². The van der Waals surface area contributed by atoms with Crippen LogP contribution < -0.4 is 5.32 Å². The Morgan fingerprint density at radius 2 is 1.45 bits per heavy atom. The van der Waals surface area contributed by atoms with Crippen molar-refractivity contribution in [2.24, 2.45) is 11.8 Å². The van der Waals surface area contributed by atoms with Crippen molar-refractivity contribution < 1.29 is 29.4 Å². The van der Waals surface area contributed by atoms with Gasteiger partial charge in [-0.1, -0.05) is 97.1 Å². The Kier molecular flexibility index (Phi) is 6.65. The summed E-state index contributed by atoms with van der Waals surface area (Å²) in [4.78, 5) is 52.5. The highest BCUT2D eigenvalue weighted by Crippen LogP contribution is 2.50. The zero-order chi connectivity index (χ0) is 26.9. The van der Waals surface area contributed by atoms with E-state index in [4.69, 9.17) is 0 Å². The highest BCUT2D eigenvalue weighted by molar-refractivity contribution is 6.10. The molecular weight excluding hydrogens is 484 g/mol. The molecule has 2 aliphatic heterocycles. The molecule has 2 amide bonds. The van der Waals surface area contributed by atoms with E-state index in [1.807, 2.05) is 72.8 Å². The molecule has 5 rings (SSSR count). The van der Waals surface area contributed by atoms with E-state index in [1.54, 1.807) is 24.3 Å². The molecule has 0 spiro atoms. The van der Waals surface area contributed by atoms with E-state index in [0.717, 1.165) is 21.6 Å². The Morgan fingerprint density at radius 1 is 0.842 bits per heavy atom. The van der Waals surface area contributed by atoms with Gasteiger partial charge in [-0.2, -0.15) is 0 Å². The highest BCUT2D eigenvalue weighted by atomic mass is 16.4. The van der Waals surface area contributed by atoms with Crippen LogP contribution in [0.1, 0.15) is 23.6 Å². The Labute approximate surface area is 219 Å². The van der Waals surface area contributed by atoms with Gasteiger partial charge in [-0.05, 0) is 22.3 Å². The van der Waals surface area contributed by atoms with Gasteiger partial charge in [0.25, 0.3) is 0 Å². The van der Waals surface area contributed by atoms with E-state index in [9.17, 15) is 29.4 Å². The number of carbonyl (C=O) groups excluding carboxylic acids is 2. The van der Waals surface area contributed by atoms with Gasteiger partial charge in [-0.3, -0.25) is 29.4 Å². The second kappa shape index (κ2) is 10.1. The predicted octanol–water partition coefficient (Wildman–Crippen LogP) is 3.61. The summed E-state index contributed by atoms with van der Waals surface area (Å²) in [5, 5.41) is 22.7. The van der Waals surface area contributed by atoms with Crippen LogP contribution in [0.3, 0.4) is 0 Å². The van der Waals surface area contributed by atoms with Crippen LogP contribution in [-0.2, 0) is 19.2 Å². The summed E-state index contributed by atoms with van der Waals surface area (Å²) < 4.78 is 0. The van der Waals surface area contributed by atoms with Crippen molar-refractivity contribution in [1.82, 2.24) is 10.2 Å². The number of benzene rings is 3. The summed E-state index contributed by atoms with van der Waals surface area (Å²) in [7, 11) is 0. The zero-order valence-electron chi connectivity index (χ0n) is 20.4. The summed E-state index contributed by atoms with van der Waals surface area (Å²) in [6.45, 7) is -0.0397. The molecule has 3 aromatic carbocycles. The molecule has 2 fully saturated rings. The molecule has 4 unspecified atom stereocenters. The number of hydrogen-bond donors (Lipinski definition) is 3. The number of carbonyl (C=O) groups is 4. The van der Waals surface area contributed by atoms with E-state index >= 15 is 0 Å². The number of rotatable bonds is 8. The lowest BCUT2D eigenvalue weighted by Gasteiger charge is -2.29. The van der Waals surface area contributed by atoms with Crippen molar-refractivity contribution in [1.29, 1.82) is 0 Å². The van der Waals surface area contributed by atoms with Gasteiger partial charge in [-0.15, -0.1) is 0 Å². The molecule has 0 aliphatic carbocycles. The number of amides is 2. The van der Waals surface area contributed by atoms with E-state index in [0.29, 0.717) is 5.56 Å². The fourth-order valence-electron chi connectivity index (χ4n) is 5.57. The van der Waals surface area contributed by atoms with Crippen LogP contribution in [0.25, 0.3) is 17.2 Å². The van der Waals surface area contributed by atoms with Crippen LogP contribution in [-0.4, -0.2) is 50.9 Å². The first-order chi connectivity index (χ1) is 18.3. The lowest BCUT2D eigenvalue weighted by atomic mass is 9.77. The van der Waals surface area contributed by atoms with Crippen molar-refractivity contribution in [2.75, 3.05) is 6.54 Å². The van der Waals surface area contributed by atoms with E-state index < -0.39 is 53.6 Å². The van der Waals surface area contributed by atoms with Gasteiger partial charge in [0.15, 0.2) is 0 Å². The SMILES string of the molecule is O=C(O)CC1(C(=O)O)NC(c2ccc(-c3ccccc3)cc2)C2C(=O)N(CC=Cc3ccccc3)C(=O)C21. The number of likely N-dealkylation sites (tertiary alicyclic amines) is 1. The van der Waals surface area contributed by atoms with Crippen LogP contribution >= 0.6 is 0 Å². The Morgan fingerprint density at radius 3 is 2.05 bits per heavy atom. The first-order valence-electron chi connectivity index (χ1n) is 12.3. The standard InChI is InChI=1S/C30H26N2O6/c33-23(34)18-30(29(37)38)25-24(27(35)32(28(25)36)17-7-10-19-8-3-1-4-9-19)26(31-30)22-15-13-21(14-16-22)20-11-5-2-6-12-20/h1-16,24-26,31H,17-18H2,(H,33,34)(H,37,38). The lowest BCUT2D eigenvalue weighted by molar-refractivity contribution is -0.155. The smallest absolute Gasteiger partial charge is 0.325 e. The number of carboxylic acids is 2. The normalized spacial score (nSPS) is 24.6. The summed E-state index contributed by atoms with van der Waals surface area (Å²) in [6, 6.07) is 25.5. The van der Waals surface area contributed by atoms with Crippen LogP contribution in [0, 0.1) is 11.8 Å². The third-order valence-electron chi connectivity index (χ3n) is 7.33. The highest BCUT2D eigenvalue weighted by Gasteiger charge is 2.68. The minimum atomic E-state index is -2.12. The fourth-order valence-corrected chi connectivity index (χ4v) is 5.57. The van der Waals surface area contributed by atoms with Crippen molar-refractivity contribution in [3.8, 4) is 11.1 Å². The summed E-state index contributed by atoms with van der Waals surface area (Å²) in [5.74, 6) is -6.45. The maximum Gasteiger partial charge on any atom is 0.325 e. The van der Waals surface area contributed by atoms with Gasteiger partial charge in [-0.25, -0.2) is 0 Å². The molecule has 0 radical (unpaired) electrons. The van der Waals surface area contributed by atoms with Crippen molar-refractivity contribution in [2.45, 2.75) is 18.0 Å². The second-order valence-corrected chi connectivity index (χ2v) is 9.56. The molecule has 2 heterocycles. The third kappa shape index (κ3) is 4.39. The number of aliphatic carboxylic acids is 2. The van der Waals surface area contributed by atoms with Gasteiger partial charge in [0.05, 0.1) is 18.3 Å². The average Bonchev–Trinajstić information content (AvgIpc) is 3.39. The van der Waals surface area contributed by atoms with Gasteiger partial charge in [0, 0.05) is 12.6 Å². The molecule has 8 heteroatoms. The molecule has 38 heavy (non-hydrogen) atoms. The number of nitrogens with one attached hydrogen (secondary N) is 1. The van der Waals surface area contributed by atoms with Gasteiger partial charge < -0.3 is 10.2 Å². The number of nitrogens with zero attached hydrogens (tertiary/aromatic N) is 1. The molecule has 2 aliphatic rings. The molecule has 4 atom stereocenters. The molecule has 192 valence electrons. The maximum atomic E-state index is 13.6. The number of carboxylic acid groups (broad SMARTS) is 2. The topological polar surface area (TPSA) is 124 Å². The molecule has 3 N–H and O–H groups in total. The largest absolute Gasteiger partial charge is 0.481 e. The predicted molar refractivity (Wildman–Crippen MR) is 140 cm³/mol. The van der Waals surface area contributed by atoms with Crippen molar-refractivity contribution in [3.05, 3.63) is 102 Å². The van der Waals surface area contributed by atoms with Gasteiger partial charge >= 0.3 is 11.9 Å². The zero-order valence-corrected chi connectivity index (χ0v) is 20.4. The molecule has 3 aromatic rings. The van der Waals surface area contributed by atoms with Crippen LogP contribution in [0.2, 0.25) is 0 Å². The minimum absolute atomic E-state index is 0.0397. The Balaban J connectivity index is 1.49. The quantitative estimate of drug-likeness (QED) is 0.396. The second-order valence-electron chi connectivity index (χ2n) is 9.56. The van der Waals surface area contributed by atoms with Crippen molar-refractivity contribution in [3.63, 3.8) is 0 Å². The molecule has 0 saturated carbocycles. The average molecular weight is 511 g/mol. The van der Waals surface area contributed by atoms with E-state index in [-0.39, 0.29) is 6.54 Å². The number of imide groups is 1. The molecule has 2 saturated heterocycles. The minimum Gasteiger partial charge on any atom is -0.481 e. The maximum absolute atomic E-state index is 13.6. The lowest BCUT2D eigenvalue weighted by Crippen LogP contribution is -2.56. The molecule has 0 aromatic heterocycles. The molecule has 0 bridgehead atoms. The Bertz CT molecular complexity index is 1400. The van der Waals surface area contributed by atoms with Crippen molar-refractivity contribution >= 4 is 29.8 Å². The van der Waals surface area contributed by atoms with Crippen LogP contribution in [0.5, 0.6) is 0 Å². The molecule has 8 nitrogen and oxygen atoms in total. The number of hydrogen-bond acceptors (Lipinski definition) is 5. The summed E-state index contributed by atoms with van der Waals surface area (Å²) >= 11 is 0. The van der Waals surface area contributed by atoms with Crippen LogP contribution in [0.4, 0.5) is 0 Å². The van der Waals surface area contributed by atoms with E-state index in [2.05, 4.69) is 5.32 Å². The summed E-state index contributed by atoms with van der Waals surface area (Å²) in [5.41, 5.74) is 1.29. The fraction of sp³-hybridized carbons (Fsp3) is 0.200. The van der Waals surface area contributed by atoms with Gasteiger partial charge in [0.1, 0.15) is 5.54 Å². The first kappa shape index (κ1) is 25.1. The number of fused-ring (bicyclic) bond motifs is 1. The first-order valence-corrected chi connectivity index (χ1v) is 12.3. The molecular formula is C30H26N2O6.